The molecular formula is C11H10BrN2+. The number of hydrogen-bond donors (Lipinski definition) is 1. The normalized spacial score (nSPS) is 10.1. The Morgan fingerprint density at radius 2 is 1.86 bits per heavy atom. The average Bonchev–Trinajstić information content (AvgIpc) is 2.19. The fraction of sp³-hybridized carbons (Fsp3) is 0. The van der Waals surface area contributed by atoms with Crippen molar-refractivity contribution >= 4 is 21.6 Å². The van der Waals surface area contributed by atoms with E-state index in [0.717, 1.165) is 21.4 Å². The summed E-state index contributed by atoms with van der Waals surface area (Å²) in [5.41, 5.74) is 8.81. The zero-order chi connectivity index (χ0) is 9.97. The Morgan fingerprint density at radius 3 is 2.50 bits per heavy atom. The first-order chi connectivity index (χ1) is 6.77. The minimum atomic E-state index is 0.766. The Bertz CT molecular complexity index is 440. The van der Waals surface area contributed by atoms with Gasteiger partial charge in [0.2, 0.25) is 4.60 Å². The second-order valence-corrected chi connectivity index (χ2v) is 3.87. The third kappa shape index (κ3) is 1.77. The van der Waals surface area contributed by atoms with Crippen molar-refractivity contribution in [1.82, 2.24) is 0 Å². The van der Waals surface area contributed by atoms with Crippen molar-refractivity contribution in [3.8, 4) is 11.1 Å². The number of benzene rings is 1. The van der Waals surface area contributed by atoms with Crippen LogP contribution < -0.4 is 10.7 Å². The molecule has 0 saturated carbocycles. The zero-order valence-electron chi connectivity index (χ0n) is 7.50. The second kappa shape index (κ2) is 3.80. The number of rotatable bonds is 1. The van der Waals surface area contributed by atoms with Gasteiger partial charge in [0.25, 0.3) is 0 Å². The number of nitrogens with two attached hydrogens (primary N) is 1. The Labute approximate surface area is 90.9 Å². The topological polar surface area (TPSA) is 40.2 Å². The van der Waals surface area contributed by atoms with Gasteiger partial charge in [-0.3, -0.25) is 0 Å². The van der Waals surface area contributed by atoms with Crippen molar-refractivity contribution in [1.29, 1.82) is 0 Å². The Kier molecular flexibility index (Phi) is 2.50. The minimum absolute atomic E-state index is 0.766. The number of H-pyrrole nitrogens is 1. The van der Waals surface area contributed by atoms with Gasteiger partial charge in [-0.05, 0) is 5.56 Å². The predicted octanol–water partition coefficient (Wildman–Crippen LogP) is 2.51. The molecule has 0 saturated heterocycles. The molecule has 1 aromatic heterocycles. The predicted molar refractivity (Wildman–Crippen MR) is 60.5 cm³/mol. The van der Waals surface area contributed by atoms with Gasteiger partial charge < -0.3 is 5.73 Å². The van der Waals surface area contributed by atoms with Crippen LogP contribution in [0, 0.1) is 0 Å². The highest BCUT2D eigenvalue weighted by atomic mass is 79.9. The molecule has 3 heteroatoms. The zero-order valence-corrected chi connectivity index (χ0v) is 9.08. The molecule has 1 heterocycles. The van der Waals surface area contributed by atoms with E-state index < -0.39 is 0 Å². The van der Waals surface area contributed by atoms with E-state index in [1.807, 2.05) is 42.6 Å². The Hall–Kier alpha value is -1.35. The van der Waals surface area contributed by atoms with Crippen LogP contribution in [-0.2, 0) is 0 Å². The van der Waals surface area contributed by atoms with E-state index in [-0.39, 0.29) is 0 Å². The van der Waals surface area contributed by atoms with E-state index in [4.69, 9.17) is 5.73 Å². The molecule has 0 atom stereocenters. The van der Waals surface area contributed by atoms with Crippen LogP contribution in [0.4, 0.5) is 5.69 Å². The van der Waals surface area contributed by atoms with Crippen LogP contribution in [0.15, 0.2) is 47.2 Å². The summed E-state index contributed by atoms with van der Waals surface area (Å²) in [6.45, 7) is 0. The molecule has 0 amide bonds. The molecule has 3 N–H and O–H groups in total. The van der Waals surface area contributed by atoms with Gasteiger partial charge in [-0.2, -0.15) is 0 Å². The number of aromatic nitrogens is 1. The monoisotopic (exact) mass is 249 g/mol. The molecule has 14 heavy (non-hydrogen) atoms. The molecule has 2 nitrogen and oxygen atoms in total. The van der Waals surface area contributed by atoms with Crippen molar-refractivity contribution in [2.75, 3.05) is 5.73 Å². The van der Waals surface area contributed by atoms with E-state index in [1.54, 1.807) is 0 Å². The first-order valence-electron chi connectivity index (χ1n) is 4.29. The Balaban J connectivity index is 2.53. The molecule has 0 spiro atoms. The summed E-state index contributed by atoms with van der Waals surface area (Å²) in [7, 11) is 0. The van der Waals surface area contributed by atoms with Crippen molar-refractivity contribution in [2.45, 2.75) is 0 Å². The third-order valence-electron chi connectivity index (χ3n) is 2.03. The largest absolute Gasteiger partial charge is 0.398 e. The van der Waals surface area contributed by atoms with Gasteiger partial charge in [0.15, 0.2) is 6.20 Å². The molecule has 0 aliphatic heterocycles. The smallest absolute Gasteiger partial charge is 0.248 e. The number of hydrogen-bond acceptors (Lipinski definition) is 1. The highest BCUT2D eigenvalue weighted by Gasteiger charge is 2.06. The van der Waals surface area contributed by atoms with Crippen LogP contribution in [0.3, 0.4) is 0 Å². The standard InChI is InChI=1S/C11H9BrN2/c12-11-6-10(13)9(7-14-11)8-4-2-1-3-5-8/h1-7H,(H2,13,14)/p+1. The number of anilines is 1. The molecule has 0 unspecified atom stereocenters. The van der Waals surface area contributed by atoms with Gasteiger partial charge in [0.05, 0.1) is 11.3 Å². The maximum Gasteiger partial charge on any atom is 0.248 e. The molecular weight excluding hydrogens is 240 g/mol. The second-order valence-electron chi connectivity index (χ2n) is 3.02. The number of halogens is 1. The molecule has 0 fully saturated rings. The highest BCUT2D eigenvalue weighted by molar-refractivity contribution is 9.10. The lowest BCUT2D eigenvalue weighted by Gasteiger charge is -2.01. The van der Waals surface area contributed by atoms with Crippen LogP contribution in [0.5, 0.6) is 0 Å². The molecule has 2 rings (SSSR count). The Morgan fingerprint density at radius 1 is 1.14 bits per heavy atom. The van der Waals surface area contributed by atoms with Crippen molar-refractivity contribution in [3.05, 3.63) is 47.2 Å². The quantitative estimate of drug-likeness (QED) is 0.776. The van der Waals surface area contributed by atoms with E-state index in [2.05, 4.69) is 20.9 Å². The minimum Gasteiger partial charge on any atom is -0.398 e. The van der Waals surface area contributed by atoms with Crippen molar-refractivity contribution in [3.63, 3.8) is 0 Å². The van der Waals surface area contributed by atoms with E-state index in [1.165, 1.54) is 0 Å². The SMILES string of the molecule is Nc1cc(Br)[nH+]cc1-c1ccccc1. The summed E-state index contributed by atoms with van der Waals surface area (Å²) in [6, 6.07) is 11.9. The lowest BCUT2D eigenvalue weighted by atomic mass is 10.1. The first-order valence-corrected chi connectivity index (χ1v) is 5.09. The molecule has 70 valence electrons. The molecule has 1 aromatic carbocycles. The lowest BCUT2D eigenvalue weighted by Crippen LogP contribution is -2.05. The first kappa shape index (κ1) is 9.21. The van der Waals surface area contributed by atoms with Crippen molar-refractivity contribution in [2.24, 2.45) is 0 Å². The number of aromatic amines is 1. The van der Waals surface area contributed by atoms with Crippen LogP contribution in [0.1, 0.15) is 0 Å². The van der Waals surface area contributed by atoms with Gasteiger partial charge in [-0.15, -0.1) is 0 Å². The van der Waals surface area contributed by atoms with Gasteiger partial charge in [0.1, 0.15) is 0 Å². The number of nitrogens with one attached hydrogen (secondary N) is 1. The number of pyridine rings is 1. The van der Waals surface area contributed by atoms with Gasteiger partial charge >= 0.3 is 0 Å². The summed E-state index contributed by atoms with van der Waals surface area (Å²) < 4.78 is 0.884. The molecule has 2 aromatic rings. The summed E-state index contributed by atoms with van der Waals surface area (Å²) in [5, 5.41) is 0. The van der Waals surface area contributed by atoms with Crippen LogP contribution in [-0.4, -0.2) is 0 Å². The lowest BCUT2D eigenvalue weighted by molar-refractivity contribution is -0.391. The van der Waals surface area contributed by atoms with Crippen LogP contribution in [0.2, 0.25) is 0 Å². The average molecular weight is 250 g/mol. The summed E-state index contributed by atoms with van der Waals surface area (Å²) in [5.74, 6) is 0. The van der Waals surface area contributed by atoms with E-state index in [0.29, 0.717) is 0 Å². The van der Waals surface area contributed by atoms with Gasteiger partial charge in [-0.25, -0.2) is 4.98 Å². The fourth-order valence-electron chi connectivity index (χ4n) is 1.35. The van der Waals surface area contributed by atoms with Crippen LogP contribution in [0.25, 0.3) is 11.1 Å². The highest BCUT2D eigenvalue weighted by Crippen LogP contribution is 2.24. The van der Waals surface area contributed by atoms with Gasteiger partial charge in [0, 0.05) is 22.0 Å². The fourth-order valence-corrected chi connectivity index (χ4v) is 1.71. The van der Waals surface area contributed by atoms with E-state index >= 15 is 0 Å². The maximum atomic E-state index is 5.90. The molecule has 0 radical (unpaired) electrons. The summed E-state index contributed by atoms with van der Waals surface area (Å²) in [6.07, 6.45) is 1.90. The number of nitrogen functional groups attached to an aromatic ring is 1. The maximum absolute atomic E-state index is 5.90. The van der Waals surface area contributed by atoms with E-state index in [9.17, 15) is 0 Å². The third-order valence-corrected chi connectivity index (χ3v) is 2.49. The summed E-state index contributed by atoms with van der Waals surface area (Å²) in [4.78, 5) is 3.08. The molecule has 0 aliphatic carbocycles. The summed E-state index contributed by atoms with van der Waals surface area (Å²) >= 11 is 3.33. The van der Waals surface area contributed by atoms with Crippen molar-refractivity contribution < 1.29 is 4.98 Å². The van der Waals surface area contributed by atoms with Crippen LogP contribution >= 0.6 is 15.9 Å². The van der Waals surface area contributed by atoms with Gasteiger partial charge in [-0.1, -0.05) is 30.3 Å². The molecule has 0 aliphatic rings. The molecule has 0 bridgehead atoms.